The zero-order chi connectivity index (χ0) is 7.40. The molecule has 11 heavy (non-hydrogen) atoms. The highest BCUT2D eigenvalue weighted by Gasteiger charge is 2.12. The molecule has 0 spiro atoms. The van der Waals surface area contributed by atoms with Crippen LogP contribution in [-0.2, 0) is 0 Å². The lowest BCUT2D eigenvalue weighted by Crippen LogP contribution is -2.27. The summed E-state index contributed by atoms with van der Waals surface area (Å²) in [5, 5.41) is 0. The molecule has 1 aliphatic rings. The van der Waals surface area contributed by atoms with Gasteiger partial charge in [-0.15, -0.1) is 17.0 Å². The summed E-state index contributed by atoms with van der Waals surface area (Å²) in [5.74, 6) is 1.31. The molecular formula is C8H17BrN2. The lowest BCUT2D eigenvalue weighted by Gasteiger charge is -2.17. The number of rotatable bonds is 3. The Morgan fingerprint density at radius 2 is 2.18 bits per heavy atom. The number of nitrogens with zero attached hydrogens (tertiary/aromatic N) is 2. The summed E-state index contributed by atoms with van der Waals surface area (Å²) in [7, 11) is 0. The van der Waals surface area contributed by atoms with Gasteiger partial charge in [0.25, 0.3) is 0 Å². The summed E-state index contributed by atoms with van der Waals surface area (Å²) in [6.07, 6.45) is 2.33. The first-order valence-electron chi connectivity index (χ1n) is 4.16. The van der Waals surface area contributed by atoms with Crippen LogP contribution in [0, 0.1) is 0 Å². The van der Waals surface area contributed by atoms with E-state index in [1.54, 1.807) is 0 Å². The van der Waals surface area contributed by atoms with Gasteiger partial charge in [0.05, 0.1) is 12.4 Å². The number of hydrogen-bond donors (Lipinski definition) is 0. The molecule has 0 radical (unpaired) electrons. The fourth-order valence-corrected chi connectivity index (χ4v) is 1.38. The van der Waals surface area contributed by atoms with Gasteiger partial charge in [-0.25, -0.2) is 0 Å². The van der Waals surface area contributed by atoms with Crippen molar-refractivity contribution >= 4 is 22.8 Å². The van der Waals surface area contributed by atoms with Crippen LogP contribution in [0.5, 0.6) is 0 Å². The lowest BCUT2D eigenvalue weighted by molar-refractivity contribution is 0.449. The second-order valence-corrected chi connectivity index (χ2v) is 2.64. The van der Waals surface area contributed by atoms with E-state index in [-0.39, 0.29) is 17.0 Å². The second kappa shape index (κ2) is 5.58. The Balaban J connectivity index is 0.000001000. The quantitative estimate of drug-likeness (QED) is 0.712. The van der Waals surface area contributed by atoms with E-state index in [9.17, 15) is 0 Å². The molecular weight excluding hydrogens is 204 g/mol. The molecule has 0 bridgehead atoms. The Bertz CT molecular complexity index is 134. The maximum atomic E-state index is 4.40. The molecule has 0 saturated heterocycles. The van der Waals surface area contributed by atoms with Crippen molar-refractivity contribution in [2.75, 3.05) is 19.6 Å². The number of hydrogen-bond acceptors (Lipinski definition) is 2. The SMILES string of the molecule is Br.CCCN1CCN=C1CC. The summed E-state index contributed by atoms with van der Waals surface area (Å²) in [6.45, 7) is 7.74. The lowest BCUT2D eigenvalue weighted by atomic mass is 10.3. The molecule has 0 saturated carbocycles. The first-order valence-corrected chi connectivity index (χ1v) is 4.16. The van der Waals surface area contributed by atoms with Crippen molar-refractivity contribution in [3.8, 4) is 0 Å². The topological polar surface area (TPSA) is 15.6 Å². The van der Waals surface area contributed by atoms with Gasteiger partial charge in [-0.1, -0.05) is 13.8 Å². The van der Waals surface area contributed by atoms with Crippen molar-refractivity contribution in [2.24, 2.45) is 4.99 Å². The second-order valence-electron chi connectivity index (χ2n) is 2.64. The molecule has 0 N–H and O–H groups in total. The van der Waals surface area contributed by atoms with Crippen molar-refractivity contribution in [2.45, 2.75) is 26.7 Å². The minimum atomic E-state index is 0. The van der Waals surface area contributed by atoms with Crippen LogP contribution < -0.4 is 0 Å². The molecule has 1 heterocycles. The van der Waals surface area contributed by atoms with Crippen LogP contribution in [0.1, 0.15) is 26.7 Å². The van der Waals surface area contributed by atoms with E-state index in [2.05, 4.69) is 23.7 Å². The Labute approximate surface area is 79.5 Å². The van der Waals surface area contributed by atoms with Gasteiger partial charge in [0, 0.05) is 19.5 Å². The molecule has 0 atom stereocenters. The molecule has 1 aliphatic heterocycles. The van der Waals surface area contributed by atoms with Gasteiger partial charge in [-0.3, -0.25) is 4.99 Å². The largest absolute Gasteiger partial charge is 0.359 e. The van der Waals surface area contributed by atoms with E-state index in [0.717, 1.165) is 19.5 Å². The first kappa shape index (κ1) is 11.0. The van der Waals surface area contributed by atoms with Crippen LogP contribution in [0.25, 0.3) is 0 Å². The molecule has 0 aromatic heterocycles. The molecule has 66 valence electrons. The molecule has 0 aromatic rings. The summed E-state index contributed by atoms with van der Waals surface area (Å²) in [5.41, 5.74) is 0. The summed E-state index contributed by atoms with van der Waals surface area (Å²) < 4.78 is 0. The zero-order valence-corrected chi connectivity index (χ0v) is 9.05. The fourth-order valence-electron chi connectivity index (χ4n) is 1.38. The van der Waals surface area contributed by atoms with Crippen LogP contribution in [0.2, 0.25) is 0 Å². The number of amidine groups is 1. The van der Waals surface area contributed by atoms with Gasteiger partial charge in [0.2, 0.25) is 0 Å². The van der Waals surface area contributed by atoms with E-state index in [1.807, 2.05) is 0 Å². The third-order valence-corrected chi connectivity index (χ3v) is 1.84. The highest BCUT2D eigenvalue weighted by Crippen LogP contribution is 2.04. The van der Waals surface area contributed by atoms with Crippen molar-refractivity contribution in [3.63, 3.8) is 0 Å². The first-order chi connectivity index (χ1) is 4.88. The molecule has 1 rings (SSSR count). The Morgan fingerprint density at radius 3 is 2.73 bits per heavy atom. The molecule has 0 amide bonds. The summed E-state index contributed by atoms with van der Waals surface area (Å²) >= 11 is 0. The summed E-state index contributed by atoms with van der Waals surface area (Å²) in [6, 6.07) is 0. The minimum Gasteiger partial charge on any atom is -0.359 e. The van der Waals surface area contributed by atoms with Crippen molar-refractivity contribution in [1.29, 1.82) is 0 Å². The average molecular weight is 221 g/mol. The van der Waals surface area contributed by atoms with Gasteiger partial charge in [0.15, 0.2) is 0 Å². The molecule has 0 unspecified atom stereocenters. The Kier molecular flexibility index (Phi) is 5.56. The molecule has 0 aromatic carbocycles. The van der Waals surface area contributed by atoms with E-state index < -0.39 is 0 Å². The average Bonchev–Trinajstić information content (AvgIpc) is 2.36. The Hall–Kier alpha value is -0.0500. The van der Waals surface area contributed by atoms with Gasteiger partial charge < -0.3 is 4.90 Å². The highest BCUT2D eigenvalue weighted by atomic mass is 79.9. The van der Waals surface area contributed by atoms with Crippen LogP contribution in [0.15, 0.2) is 4.99 Å². The van der Waals surface area contributed by atoms with E-state index in [1.165, 1.54) is 18.8 Å². The Morgan fingerprint density at radius 1 is 1.45 bits per heavy atom. The van der Waals surface area contributed by atoms with Crippen molar-refractivity contribution in [3.05, 3.63) is 0 Å². The predicted octanol–water partition coefficient (Wildman–Crippen LogP) is 2.10. The normalized spacial score (nSPS) is 16.2. The zero-order valence-electron chi connectivity index (χ0n) is 7.34. The van der Waals surface area contributed by atoms with E-state index >= 15 is 0 Å². The minimum absolute atomic E-state index is 0. The van der Waals surface area contributed by atoms with Gasteiger partial charge >= 0.3 is 0 Å². The van der Waals surface area contributed by atoms with E-state index in [4.69, 9.17) is 0 Å². The van der Waals surface area contributed by atoms with Crippen LogP contribution in [0.3, 0.4) is 0 Å². The maximum absolute atomic E-state index is 4.40. The van der Waals surface area contributed by atoms with Crippen molar-refractivity contribution < 1.29 is 0 Å². The maximum Gasteiger partial charge on any atom is 0.0987 e. The molecule has 0 fully saturated rings. The van der Waals surface area contributed by atoms with Crippen molar-refractivity contribution in [1.82, 2.24) is 4.90 Å². The monoisotopic (exact) mass is 220 g/mol. The number of aliphatic imine (C=N–C) groups is 1. The highest BCUT2D eigenvalue weighted by molar-refractivity contribution is 8.93. The summed E-state index contributed by atoms with van der Waals surface area (Å²) in [4.78, 5) is 6.79. The van der Waals surface area contributed by atoms with Crippen LogP contribution >= 0.6 is 17.0 Å². The van der Waals surface area contributed by atoms with Crippen LogP contribution in [-0.4, -0.2) is 30.4 Å². The smallest absolute Gasteiger partial charge is 0.0987 e. The van der Waals surface area contributed by atoms with Gasteiger partial charge in [-0.2, -0.15) is 0 Å². The molecule has 2 nitrogen and oxygen atoms in total. The fraction of sp³-hybridized carbons (Fsp3) is 0.875. The third kappa shape index (κ3) is 2.81. The van der Waals surface area contributed by atoms with E-state index in [0.29, 0.717) is 0 Å². The molecule has 0 aliphatic carbocycles. The van der Waals surface area contributed by atoms with Gasteiger partial charge in [-0.05, 0) is 6.42 Å². The molecule has 3 heteroatoms. The predicted molar refractivity (Wildman–Crippen MR) is 54.8 cm³/mol. The number of halogens is 1. The standard InChI is InChI=1S/C8H16N2.BrH/c1-3-6-10-7-5-9-8(10)4-2;/h3-7H2,1-2H3;1H. The van der Waals surface area contributed by atoms with Gasteiger partial charge in [0.1, 0.15) is 0 Å². The van der Waals surface area contributed by atoms with Crippen LogP contribution in [0.4, 0.5) is 0 Å². The third-order valence-electron chi connectivity index (χ3n) is 1.84.